The van der Waals surface area contributed by atoms with Gasteiger partial charge in [-0.3, -0.25) is 4.84 Å². The van der Waals surface area contributed by atoms with E-state index < -0.39 is 11.7 Å². The Kier molecular flexibility index (Phi) is 4.76. The lowest BCUT2D eigenvalue weighted by atomic mass is 10.1. The minimum atomic E-state index is -4.30. The van der Waals surface area contributed by atoms with E-state index in [4.69, 9.17) is 4.84 Å². The zero-order valence-corrected chi connectivity index (χ0v) is 10.7. The van der Waals surface area contributed by atoms with Crippen LogP contribution in [0.1, 0.15) is 16.7 Å². The number of hydrogen-bond donors (Lipinski definition) is 1. The molecule has 20 heavy (non-hydrogen) atoms. The van der Waals surface area contributed by atoms with Crippen LogP contribution >= 0.6 is 0 Å². The Bertz CT molecular complexity index is 523. The second-order valence-electron chi connectivity index (χ2n) is 4.29. The molecular weight excluding hydrogens is 267 g/mol. The van der Waals surface area contributed by atoms with Crippen molar-refractivity contribution in [2.24, 2.45) is 0 Å². The van der Waals surface area contributed by atoms with Crippen molar-refractivity contribution in [1.29, 1.82) is 0 Å². The second kappa shape index (κ2) is 6.54. The van der Waals surface area contributed by atoms with Crippen molar-refractivity contribution in [2.75, 3.05) is 0 Å². The molecule has 0 aromatic heterocycles. The highest BCUT2D eigenvalue weighted by molar-refractivity contribution is 5.24. The van der Waals surface area contributed by atoms with E-state index in [1.165, 1.54) is 12.1 Å². The van der Waals surface area contributed by atoms with E-state index in [0.717, 1.165) is 23.3 Å². The largest absolute Gasteiger partial charge is 0.416 e. The molecule has 0 fully saturated rings. The molecule has 0 saturated heterocycles. The van der Waals surface area contributed by atoms with Crippen LogP contribution in [0.2, 0.25) is 0 Å². The maximum absolute atomic E-state index is 12.4. The lowest BCUT2D eigenvalue weighted by Crippen LogP contribution is -2.14. The number of halogens is 3. The molecule has 0 aliphatic heterocycles. The van der Waals surface area contributed by atoms with Gasteiger partial charge in [0.25, 0.3) is 0 Å². The van der Waals surface area contributed by atoms with E-state index in [1.807, 2.05) is 30.3 Å². The van der Waals surface area contributed by atoms with Gasteiger partial charge in [0.1, 0.15) is 0 Å². The van der Waals surface area contributed by atoms with Crippen molar-refractivity contribution < 1.29 is 18.0 Å². The van der Waals surface area contributed by atoms with Crippen LogP contribution in [0.25, 0.3) is 0 Å². The van der Waals surface area contributed by atoms with Crippen molar-refractivity contribution in [3.05, 3.63) is 71.3 Å². The highest BCUT2D eigenvalue weighted by Crippen LogP contribution is 2.28. The SMILES string of the molecule is FC(F)(F)c1ccc(CNOCc2ccccc2)cc1. The Hall–Kier alpha value is -1.85. The Balaban J connectivity index is 1.77. The number of nitrogens with one attached hydrogen (secondary N) is 1. The average Bonchev–Trinajstić information content (AvgIpc) is 2.44. The summed E-state index contributed by atoms with van der Waals surface area (Å²) in [4.78, 5) is 5.25. The summed E-state index contributed by atoms with van der Waals surface area (Å²) in [6.07, 6.45) is -4.30. The molecule has 0 radical (unpaired) electrons. The van der Waals surface area contributed by atoms with Gasteiger partial charge in [-0.05, 0) is 23.3 Å². The summed E-state index contributed by atoms with van der Waals surface area (Å²) < 4.78 is 37.1. The van der Waals surface area contributed by atoms with Gasteiger partial charge in [-0.2, -0.15) is 18.7 Å². The normalized spacial score (nSPS) is 11.6. The van der Waals surface area contributed by atoms with E-state index in [1.54, 1.807) is 0 Å². The zero-order valence-electron chi connectivity index (χ0n) is 10.7. The molecule has 106 valence electrons. The first-order chi connectivity index (χ1) is 9.55. The van der Waals surface area contributed by atoms with Crippen LogP contribution in [0.5, 0.6) is 0 Å². The highest BCUT2D eigenvalue weighted by atomic mass is 19.4. The van der Waals surface area contributed by atoms with Gasteiger partial charge in [0.2, 0.25) is 0 Å². The second-order valence-corrected chi connectivity index (χ2v) is 4.29. The van der Waals surface area contributed by atoms with E-state index in [-0.39, 0.29) is 0 Å². The first kappa shape index (κ1) is 14.6. The quantitative estimate of drug-likeness (QED) is 0.662. The molecule has 0 saturated carbocycles. The number of benzene rings is 2. The van der Waals surface area contributed by atoms with Crippen LogP contribution < -0.4 is 5.48 Å². The Morgan fingerprint density at radius 3 is 2.10 bits per heavy atom. The van der Waals surface area contributed by atoms with Gasteiger partial charge in [0, 0.05) is 6.54 Å². The number of hydroxylamine groups is 1. The van der Waals surface area contributed by atoms with Crippen LogP contribution in [0, 0.1) is 0 Å². The van der Waals surface area contributed by atoms with Crippen molar-refractivity contribution in [2.45, 2.75) is 19.3 Å². The third kappa shape index (κ3) is 4.36. The molecule has 0 bridgehead atoms. The Labute approximate surface area is 115 Å². The highest BCUT2D eigenvalue weighted by Gasteiger charge is 2.29. The molecule has 1 N–H and O–H groups in total. The summed E-state index contributed by atoms with van der Waals surface area (Å²) in [7, 11) is 0. The maximum atomic E-state index is 12.4. The lowest BCUT2D eigenvalue weighted by molar-refractivity contribution is -0.137. The standard InChI is InChI=1S/C15H14F3NO/c16-15(17,18)14-8-6-12(7-9-14)10-19-20-11-13-4-2-1-3-5-13/h1-9,19H,10-11H2. The topological polar surface area (TPSA) is 21.3 Å². The molecule has 2 aromatic rings. The summed E-state index contributed by atoms with van der Waals surface area (Å²) in [5.41, 5.74) is 3.83. The molecule has 0 spiro atoms. The third-order valence-electron chi connectivity index (χ3n) is 2.74. The van der Waals surface area contributed by atoms with Gasteiger partial charge < -0.3 is 0 Å². The molecule has 5 heteroatoms. The molecule has 0 aliphatic rings. The van der Waals surface area contributed by atoms with Crippen molar-refractivity contribution >= 4 is 0 Å². The van der Waals surface area contributed by atoms with Crippen molar-refractivity contribution in [3.8, 4) is 0 Å². The Morgan fingerprint density at radius 2 is 1.50 bits per heavy atom. The first-order valence-electron chi connectivity index (χ1n) is 6.10. The van der Waals surface area contributed by atoms with Gasteiger partial charge in [0.05, 0.1) is 12.2 Å². The molecule has 2 rings (SSSR count). The van der Waals surface area contributed by atoms with Crippen LogP contribution in [0.4, 0.5) is 13.2 Å². The van der Waals surface area contributed by atoms with E-state index in [0.29, 0.717) is 13.2 Å². The van der Waals surface area contributed by atoms with Crippen LogP contribution in [-0.2, 0) is 24.2 Å². The summed E-state index contributed by atoms with van der Waals surface area (Å²) >= 11 is 0. The van der Waals surface area contributed by atoms with E-state index >= 15 is 0 Å². The first-order valence-corrected chi connectivity index (χ1v) is 6.10. The zero-order chi connectivity index (χ0) is 14.4. The Morgan fingerprint density at radius 1 is 0.850 bits per heavy atom. The van der Waals surface area contributed by atoms with Gasteiger partial charge in [-0.1, -0.05) is 42.5 Å². The van der Waals surface area contributed by atoms with Crippen molar-refractivity contribution in [3.63, 3.8) is 0 Å². The number of hydrogen-bond acceptors (Lipinski definition) is 2. The molecule has 0 aliphatic carbocycles. The molecule has 0 amide bonds. The van der Waals surface area contributed by atoms with Gasteiger partial charge in [-0.15, -0.1) is 0 Å². The third-order valence-corrected chi connectivity index (χ3v) is 2.74. The minimum Gasteiger partial charge on any atom is -0.297 e. The molecule has 2 nitrogen and oxygen atoms in total. The van der Waals surface area contributed by atoms with E-state index in [2.05, 4.69) is 5.48 Å². The molecule has 2 aromatic carbocycles. The van der Waals surface area contributed by atoms with Crippen LogP contribution in [-0.4, -0.2) is 0 Å². The van der Waals surface area contributed by atoms with Gasteiger partial charge in [-0.25, -0.2) is 0 Å². The monoisotopic (exact) mass is 281 g/mol. The molecule has 0 unspecified atom stereocenters. The van der Waals surface area contributed by atoms with Gasteiger partial charge >= 0.3 is 6.18 Å². The smallest absolute Gasteiger partial charge is 0.297 e. The van der Waals surface area contributed by atoms with Crippen LogP contribution in [0.3, 0.4) is 0 Å². The lowest BCUT2D eigenvalue weighted by Gasteiger charge is -2.09. The average molecular weight is 281 g/mol. The number of rotatable bonds is 5. The molecule has 0 atom stereocenters. The summed E-state index contributed by atoms with van der Waals surface area (Å²) in [6.45, 7) is 0.756. The number of alkyl halides is 3. The fourth-order valence-corrected chi connectivity index (χ4v) is 1.65. The molecule has 0 heterocycles. The summed E-state index contributed by atoms with van der Waals surface area (Å²) in [5.74, 6) is 0. The maximum Gasteiger partial charge on any atom is 0.416 e. The van der Waals surface area contributed by atoms with Crippen LogP contribution in [0.15, 0.2) is 54.6 Å². The minimum absolute atomic E-state index is 0.352. The van der Waals surface area contributed by atoms with E-state index in [9.17, 15) is 13.2 Å². The predicted octanol–water partition coefficient (Wildman–Crippen LogP) is 3.93. The fourth-order valence-electron chi connectivity index (χ4n) is 1.65. The van der Waals surface area contributed by atoms with Crippen molar-refractivity contribution in [1.82, 2.24) is 5.48 Å². The fraction of sp³-hybridized carbons (Fsp3) is 0.200. The summed E-state index contributed by atoms with van der Waals surface area (Å²) in [5, 5.41) is 0. The molecular formula is C15H14F3NO. The predicted molar refractivity (Wildman–Crippen MR) is 69.5 cm³/mol. The summed E-state index contributed by atoms with van der Waals surface area (Å²) in [6, 6.07) is 14.6. The van der Waals surface area contributed by atoms with Gasteiger partial charge in [0.15, 0.2) is 0 Å².